The lowest BCUT2D eigenvalue weighted by Gasteiger charge is -2.16. The van der Waals surface area contributed by atoms with E-state index >= 15 is 0 Å². The molecule has 2 aromatic carbocycles. The van der Waals surface area contributed by atoms with E-state index in [2.05, 4.69) is 10.6 Å². The highest BCUT2D eigenvalue weighted by Crippen LogP contribution is 2.24. The molecule has 2 aromatic rings. The number of rotatable bonds is 5. The maximum Gasteiger partial charge on any atom is 0.319 e. The molecule has 122 valence electrons. The summed E-state index contributed by atoms with van der Waals surface area (Å²) in [6.45, 7) is 4.04. The Hall–Kier alpha value is -2.53. The Morgan fingerprint density at radius 1 is 1.17 bits per heavy atom. The molecule has 0 aromatic heterocycles. The van der Waals surface area contributed by atoms with Gasteiger partial charge in [-0.1, -0.05) is 24.3 Å². The van der Waals surface area contributed by atoms with Crippen LogP contribution in [0.5, 0.6) is 5.75 Å². The average Bonchev–Trinajstić information content (AvgIpc) is 2.51. The number of aliphatic hydroxyl groups excluding tert-OH is 1. The third-order valence-electron chi connectivity index (χ3n) is 3.43. The maximum atomic E-state index is 12.0. The number of amides is 2. The van der Waals surface area contributed by atoms with E-state index in [1.807, 2.05) is 44.2 Å². The summed E-state index contributed by atoms with van der Waals surface area (Å²) in [6.07, 6.45) is -0.837. The first-order chi connectivity index (χ1) is 11.0. The molecule has 1 atom stereocenters. The lowest BCUT2D eigenvalue weighted by Crippen LogP contribution is -2.32. The van der Waals surface area contributed by atoms with Crippen molar-refractivity contribution in [1.29, 1.82) is 0 Å². The van der Waals surface area contributed by atoms with Crippen LogP contribution in [0.15, 0.2) is 42.5 Å². The highest BCUT2D eigenvalue weighted by atomic mass is 16.5. The van der Waals surface area contributed by atoms with Crippen molar-refractivity contribution in [2.24, 2.45) is 0 Å². The van der Waals surface area contributed by atoms with E-state index in [0.29, 0.717) is 11.3 Å². The standard InChI is InChI=1S/C18H22N2O3/c1-12-8-13(2)10-14(9-12)20-18(22)19-11-16(21)15-6-4-5-7-17(15)23-3/h4-10,16,21H,11H2,1-3H3,(H2,19,20,22)/t16-/m0/s1. The van der Waals surface area contributed by atoms with Gasteiger partial charge in [-0.3, -0.25) is 0 Å². The minimum atomic E-state index is -0.837. The molecule has 2 rings (SSSR count). The number of aryl methyl sites for hydroxylation is 2. The summed E-state index contributed by atoms with van der Waals surface area (Å²) in [6, 6.07) is 12.7. The third kappa shape index (κ3) is 4.72. The highest BCUT2D eigenvalue weighted by Gasteiger charge is 2.13. The Kier molecular flexibility index (Phi) is 5.60. The number of ether oxygens (including phenoxy) is 1. The van der Waals surface area contributed by atoms with Gasteiger partial charge < -0.3 is 20.5 Å². The summed E-state index contributed by atoms with van der Waals surface area (Å²) in [7, 11) is 1.55. The lowest BCUT2D eigenvalue weighted by atomic mass is 10.1. The van der Waals surface area contributed by atoms with E-state index in [-0.39, 0.29) is 12.6 Å². The van der Waals surface area contributed by atoms with Crippen LogP contribution in [0.25, 0.3) is 0 Å². The summed E-state index contributed by atoms with van der Waals surface area (Å²) in [5.74, 6) is 0.594. The zero-order valence-corrected chi connectivity index (χ0v) is 13.6. The number of para-hydroxylation sites is 1. The summed E-state index contributed by atoms with van der Waals surface area (Å²) in [5.41, 5.74) is 3.53. The first-order valence-electron chi connectivity index (χ1n) is 7.43. The minimum absolute atomic E-state index is 0.0943. The van der Waals surface area contributed by atoms with Gasteiger partial charge in [0, 0.05) is 17.8 Å². The van der Waals surface area contributed by atoms with E-state index in [4.69, 9.17) is 4.74 Å². The number of methoxy groups -OCH3 is 1. The number of anilines is 1. The summed E-state index contributed by atoms with van der Waals surface area (Å²) in [5, 5.41) is 15.6. The third-order valence-corrected chi connectivity index (χ3v) is 3.43. The van der Waals surface area contributed by atoms with Gasteiger partial charge >= 0.3 is 6.03 Å². The average molecular weight is 314 g/mol. The summed E-state index contributed by atoms with van der Waals surface area (Å²) in [4.78, 5) is 12.0. The number of benzene rings is 2. The molecule has 0 aliphatic rings. The summed E-state index contributed by atoms with van der Waals surface area (Å²) >= 11 is 0. The fourth-order valence-corrected chi connectivity index (χ4v) is 2.46. The number of urea groups is 1. The largest absolute Gasteiger partial charge is 0.496 e. The molecule has 0 saturated carbocycles. The van der Waals surface area contributed by atoms with E-state index in [1.54, 1.807) is 19.2 Å². The van der Waals surface area contributed by atoms with Gasteiger partial charge in [0.25, 0.3) is 0 Å². The molecule has 0 bridgehead atoms. The van der Waals surface area contributed by atoms with Crippen molar-refractivity contribution in [3.05, 3.63) is 59.2 Å². The minimum Gasteiger partial charge on any atom is -0.496 e. The topological polar surface area (TPSA) is 70.6 Å². The molecule has 3 N–H and O–H groups in total. The zero-order valence-electron chi connectivity index (χ0n) is 13.6. The number of hydrogen-bond donors (Lipinski definition) is 3. The van der Waals surface area contributed by atoms with E-state index < -0.39 is 6.10 Å². The summed E-state index contributed by atoms with van der Waals surface area (Å²) < 4.78 is 5.21. The smallest absolute Gasteiger partial charge is 0.319 e. The fourth-order valence-electron chi connectivity index (χ4n) is 2.46. The predicted octanol–water partition coefficient (Wildman–Crippen LogP) is 3.17. The van der Waals surface area contributed by atoms with Gasteiger partial charge in [-0.2, -0.15) is 0 Å². The van der Waals surface area contributed by atoms with E-state index in [9.17, 15) is 9.90 Å². The molecule has 0 spiro atoms. The van der Waals surface area contributed by atoms with Crippen LogP contribution in [-0.2, 0) is 0 Å². The van der Waals surface area contributed by atoms with Crippen LogP contribution in [0.3, 0.4) is 0 Å². The Bertz CT molecular complexity index is 665. The van der Waals surface area contributed by atoms with Crippen LogP contribution >= 0.6 is 0 Å². The van der Waals surface area contributed by atoms with Gasteiger partial charge in [-0.15, -0.1) is 0 Å². The molecule has 0 radical (unpaired) electrons. The maximum absolute atomic E-state index is 12.0. The fraction of sp³-hybridized carbons (Fsp3) is 0.278. The Balaban J connectivity index is 1.93. The molecule has 0 aliphatic heterocycles. The predicted molar refractivity (Wildman–Crippen MR) is 90.9 cm³/mol. The van der Waals surface area contributed by atoms with Gasteiger partial charge in [-0.25, -0.2) is 4.79 Å². The second-order valence-corrected chi connectivity index (χ2v) is 5.47. The van der Waals surface area contributed by atoms with Gasteiger partial charge in [0.1, 0.15) is 5.75 Å². The molecule has 0 aliphatic carbocycles. The molecular weight excluding hydrogens is 292 g/mol. The van der Waals surface area contributed by atoms with Crippen molar-refractivity contribution < 1.29 is 14.6 Å². The van der Waals surface area contributed by atoms with Crippen molar-refractivity contribution in [2.45, 2.75) is 20.0 Å². The van der Waals surface area contributed by atoms with Gasteiger partial charge in [0.2, 0.25) is 0 Å². The number of nitrogens with one attached hydrogen (secondary N) is 2. The van der Waals surface area contributed by atoms with Crippen molar-refractivity contribution >= 4 is 11.7 Å². The van der Waals surface area contributed by atoms with E-state index in [0.717, 1.165) is 16.8 Å². The van der Waals surface area contributed by atoms with Crippen LogP contribution in [-0.4, -0.2) is 24.8 Å². The van der Waals surface area contributed by atoms with Crippen LogP contribution in [0.1, 0.15) is 22.8 Å². The van der Waals surface area contributed by atoms with Crippen molar-refractivity contribution in [1.82, 2.24) is 5.32 Å². The SMILES string of the molecule is COc1ccccc1[C@@H](O)CNC(=O)Nc1cc(C)cc(C)c1. The van der Waals surface area contributed by atoms with Crippen molar-refractivity contribution in [3.63, 3.8) is 0 Å². The first-order valence-corrected chi connectivity index (χ1v) is 7.43. The van der Waals surface area contributed by atoms with Crippen LogP contribution in [0.2, 0.25) is 0 Å². The normalized spacial score (nSPS) is 11.7. The highest BCUT2D eigenvalue weighted by molar-refractivity contribution is 5.89. The Labute approximate surface area is 136 Å². The van der Waals surface area contributed by atoms with Gasteiger partial charge in [0.15, 0.2) is 0 Å². The second kappa shape index (κ2) is 7.65. The molecule has 23 heavy (non-hydrogen) atoms. The monoisotopic (exact) mass is 314 g/mol. The molecular formula is C18H22N2O3. The van der Waals surface area contributed by atoms with Crippen LogP contribution in [0, 0.1) is 13.8 Å². The van der Waals surface area contributed by atoms with Gasteiger partial charge in [-0.05, 0) is 43.2 Å². The zero-order chi connectivity index (χ0) is 16.8. The molecule has 0 unspecified atom stereocenters. The molecule has 0 fully saturated rings. The van der Waals surface area contributed by atoms with Crippen molar-refractivity contribution in [3.8, 4) is 5.75 Å². The first kappa shape index (κ1) is 16.8. The number of aliphatic hydroxyl groups is 1. The van der Waals surface area contributed by atoms with Crippen LogP contribution < -0.4 is 15.4 Å². The number of carbonyl (C=O) groups is 1. The molecule has 0 heterocycles. The lowest BCUT2D eigenvalue weighted by molar-refractivity contribution is 0.171. The Morgan fingerprint density at radius 3 is 2.48 bits per heavy atom. The van der Waals surface area contributed by atoms with Crippen LogP contribution in [0.4, 0.5) is 10.5 Å². The Morgan fingerprint density at radius 2 is 1.83 bits per heavy atom. The quantitative estimate of drug-likeness (QED) is 0.794. The molecule has 5 nitrogen and oxygen atoms in total. The number of hydrogen-bond acceptors (Lipinski definition) is 3. The second-order valence-electron chi connectivity index (χ2n) is 5.47. The number of carbonyl (C=O) groups excluding carboxylic acids is 1. The van der Waals surface area contributed by atoms with E-state index in [1.165, 1.54) is 0 Å². The molecule has 0 saturated heterocycles. The molecule has 5 heteroatoms. The molecule has 2 amide bonds. The van der Waals surface area contributed by atoms with Crippen molar-refractivity contribution in [2.75, 3.05) is 19.0 Å². The van der Waals surface area contributed by atoms with Gasteiger partial charge in [0.05, 0.1) is 13.2 Å².